The van der Waals surface area contributed by atoms with Crippen LogP contribution in [-0.2, 0) is 9.59 Å². The minimum Gasteiger partial charge on any atom is -0.495 e. The molecule has 8 heteroatoms. The molecule has 27 heavy (non-hydrogen) atoms. The van der Waals surface area contributed by atoms with Crippen LogP contribution >= 0.6 is 0 Å². The number of ether oxygens (including phenoxy) is 1. The quantitative estimate of drug-likeness (QED) is 0.836. The van der Waals surface area contributed by atoms with E-state index in [1.807, 2.05) is 24.3 Å². The molecule has 3 rings (SSSR count). The molecular weight excluding hydrogens is 356 g/mol. The molecule has 0 unspecified atom stereocenters. The highest BCUT2D eigenvalue weighted by molar-refractivity contribution is 6.39. The van der Waals surface area contributed by atoms with Crippen LogP contribution in [0.3, 0.4) is 0 Å². The van der Waals surface area contributed by atoms with Crippen LogP contribution < -0.4 is 15.0 Å². The summed E-state index contributed by atoms with van der Waals surface area (Å²) in [6.07, 6.45) is 0. The van der Waals surface area contributed by atoms with E-state index < -0.39 is 23.4 Å². The summed E-state index contributed by atoms with van der Waals surface area (Å²) in [6.45, 7) is 1.70. The molecule has 2 aromatic rings. The highest BCUT2D eigenvalue weighted by atomic mass is 19.1. The number of carbonyl (C=O) groups excluding carboxylic acids is 2. The normalized spacial score (nSPS) is 14.0. The van der Waals surface area contributed by atoms with E-state index in [0.717, 1.165) is 29.6 Å². The van der Waals surface area contributed by atoms with Gasteiger partial charge in [0.05, 0.1) is 18.5 Å². The van der Waals surface area contributed by atoms with E-state index >= 15 is 0 Å². The van der Waals surface area contributed by atoms with E-state index in [0.29, 0.717) is 26.2 Å². The van der Waals surface area contributed by atoms with Crippen molar-refractivity contribution < 1.29 is 23.1 Å². The van der Waals surface area contributed by atoms with Gasteiger partial charge in [-0.05, 0) is 24.3 Å². The summed E-state index contributed by atoms with van der Waals surface area (Å²) in [6, 6.07) is 10.2. The average molecular weight is 375 g/mol. The number of rotatable bonds is 3. The Balaban J connectivity index is 1.61. The fraction of sp³-hybridized carbons (Fsp3) is 0.263. The zero-order valence-corrected chi connectivity index (χ0v) is 14.7. The average Bonchev–Trinajstić information content (AvgIpc) is 2.70. The first-order valence-electron chi connectivity index (χ1n) is 8.43. The maximum atomic E-state index is 13.6. The molecule has 0 atom stereocenters. The topological polar surface area (TPSA) is 61.9 Å². The number of benzene rings is 2. The molecule has 0 radical (unpaired) electrons. The van der Waals surface area contributed by atoms with Crippen LogP contribution in [0.25, 0.3) is 0 Å². The second kappa shape index (κ2) is 8.03. The molecule has 0 spiro atoms. The number of para-hydroxylation sites is 2. The minimum atomic E-state index is -0.995. The smallest absolute Gasteiger partial charge is 0.313 e. The monoisotopic (exact) mass is 375 g/mol. The van der Waals surface area contributed by atoms with Crippen molar-refractivity contribution >= 4 is 23.2 Å². The SMILES string of the molecule is COc1ccccc1N1CCN(C(=O)C(=O)Nc2cc(F)ccc2F)CC1. The predicted molar refractivity (Wildman–Crippen MR) is 96.8 cm³/mol. The van der Waals surface area contributed by atoms with Crippen molar-refractivity contribution in [2.45, 2.75) is 0 Å². The van der Waals surface area contributed by atoms with Gasteiger partial charge < -0.3 is 19.9 Å². The molecule has 2 amide bonds. The van der Waals surface area contributed by atoms with Crippen LogP contribution in [-0.4, -0.2) is 50.0 Å². The Kier molecular flexibility index (Phi) is 5.54. The molecule has 0 aromatic heterocycles. The van der Waals surface area contributed by atoms with E-state index in [-0.39, 0.29) is 5.69 Å². The summed E-state index contributed by atoms with van der Waals surface area (Å²) in [7, 11) is 1.59. The highest BCUT2D eigenvalue weighted by Crippen LogP contribution is 2.28. The first-order valence-corrected chi connectivity index (χ1v) is 8.43. The Morgan fingerprint density at radius 2 is 1.74 bits per heavy atom. The largest absolute Gasteiger partial charge is 0.495 e. The predicted octanol–water partition coefficient (Wildman–Crippen LogP) is 2.26. The van der Waals surface area contributed by atoms with Gasteiger partial charge in [0.2, 0.25) is 0 Å². The number of anilines is 2. The standard InChI is InChI=1S/C19H19F2N3O3/c1-27-17-5-3-2-4-16(17)23-8-10-24(11-9-23)19(26)18(25)22-15-12-13(20)6-7-14(15)21/h2-7,12H,8-11H2,1H3,(H,22,25). The number of methoxy groups -OCH3 is 1. The molecule has 1 fully saturated rings. The van der Waals surface area contributed by atoms with Crippen LogP contribution in [0.4, 0.5) is 20.2 Å². The summed E-state index contributed by atoms with van der Waals surface area (Å²) in [5, 5.41) is 2.13. The molecule has 0 saturated carbocycles. The lowest BCUT2D eigenvalue weighted by Crippen LogP contribution is -2.51. The zero-order chi connectivity index (χ0) is 19.4. The molecule has 0 bridgehead atoms. The number of piperazine rings is 1. The first-order chi connectivity index (χ1) is 13.0. The fourth-order valence-electron chi connectivity index (χ4n) is 2.95. The lowest BCUT2D eigenvalue weighted by atomic mass is 10.2. The number of hydrogen-bond donors (Lipinski definition) is 1. The number of nitrogens with one attached hydrogen (secondary N) is 1. The van der Waals surface area contributed by atoms with Gasteiger partial charge in [0, 0.05) is 32.2 Å². The molecule has 6 nitrogen and oxygen atoms in total. The van der Waals surface area contributed by atoms with E-state index in [1.165, 1.54) is 4.90 Å². The third-order valence-corrected chi connectivity index (χ3v) is 4.36. The van der Waals surface area contributed by atoms with Gasteiger partial charge in [0.1, 0.15) is 17.4 Å². The Hall–Kier alpha value is -3.16. The third-order valence-electron chi connectivity index (χ3n) is 4.36. The van der Waals surface area contributed by atoms with Crippen LogP contribution in [0.2, 0.25) is 0 Å². The van der Waals surface area contributed by atoms with Crippen molar-refractivity contribution in [3.8, 4) is 5.75 Å². The number of hydrogen-bond acceptors (Lipinski definition) is 4. The Morgan fingerprint density at radius 3 is 2.44 bits per heavy atom. The Morgan fingerprint density at radius 1 is 1.04 bits per heavy atom. The third kappa shape index (κ3) is 4.16. The van der Waals surface area contributed by atoms with E-state index in [2.05, 4.69) is 10.2 Å². The minimum absolute atomic E-state index is 0.329. The van der Waals surface area contributed by atoms with Gasteiger partial charge in [0.15, 0.2) is 0 Å². The van der Waals surface area contributed by atoms with Crippen molar-refractivity contribution in [1.29, 1.82) is 0 Å². The van der Waals surface area contributed by atoms with Crippen molar-refractivity contribution in [3.63, 3.8) is 0 Å². The number of carbonyl (C=O) groups is 2. The lowest BCUT2D eigenvalue weighted by molar-refractivity contribution is -0.143. The van der Waals surface area contributed by atoms with Gasteiger partial charge >= 0.3 is 11.8 Å². The summed E-state index contributed by atoms with van der Waals surface area (Å²) in [4.78, 5) is 27.9. The summed E-state index contributed by atoms with van der Waals surface area (Å²) in [5.74, 6) is -2.55. The zero-order valence-electron chi connectivity index (χ0n) is 14.7. The lowest BCUT2D eigenvalue weighted by Gasteiger charge is -2.36. The van der Waals surface area contributed by atoms with Gasteiger partial charge in [-0.3, -0.25) is 9.59 Å². The number of halogens is 2. The van der Waals surface area contributed by atoms with Crippen LogP contribution in [0.1, 0.15) is 0 Å². The maximum absolute atomic E-state index is 13.6. The molecule has 142 valence electrons. The molecule has 1 N–H and O–H groups in total. The van der Waals surface area contributed by atoms with Gasteiger partial charge in [-0.15, -0.1) is 0 Å². The second-order valence-electron chi connectivity index (χ2n) is 6.03. The molecule has 1 aliphatic rings. The molecule has 1 aliphatic heterocycles. The second-order valence-corrected chi connectivity index (χ2v) is 6.03. The van der Waals surface area contributed by atoms with Gasteiger partial charge in [-0.2, -0.15) is 0 Å². The van der Waals surface area contributed by atoms with Crippen LogP contribution in [0.15, 0.2) is 42.5 Å². The van der Waals surface area contributed by atoms with Crippen LogP contribution in [0.5, 0.6) is 5.75 Å². The van der Waals surface area contributed by atoms with Gasteiger partial charge in [0.25, 0.3) is 0 Å². The Bertz CT molecular complexity index is 852. The number of amides is 2. The molecule has 1 heterocycles. The van der Waals surface area contributed by atoms with Gasteiger partial charge in [-0.1, -0.05) is 12.1 Å². The van der Waals surface area contributed by atoms with E-state index in [9.17, 15) is 18.4 Å². The maximum Gasteiger partial charge on any atom is 0.313 e. The summed E-state index contributed by atoms with van der Waals surface area (Å²) >= 11 is 0. The van der Waals surface area contributed by atoms with Gasteiger partial charge in [-0.25, -0.2) is 8.78 Å². The Labute approximate surface area is 155 Å². The summed E-state index contributed by atoms with van der Waals surface area (Å²) < 4.78 is 32.2. The molecule has 0 aliphatic carbocycles. The van der Waals surface area contributed by atoms with Crippen molar-refractivity contribution in [2.24, 2.45) is 0 Å². The molecular formula is C19H19F2N3O3. The van der Waals surface area contributed by atoms with Crippen molar-refractivity contribution in [1.82, 2.24) is 4.90 Å². The molecule has 1 saturated heterocycles. The van der Waals surface area contributed by atoms with Crippen molar-refractivity contribution in [3.05, 3.63) is 54.1 Å². The number of nitrogens with zero attached hydrogens (tertiary/aromatic N) is 2. The summed E-state index contributed by atoms with van der Waals surface area (Å²) in [5.41, 5.74) is 0.555. The van der Waals surface area contributed by atoms with E-state index in [1.54, 1.807) is 7.11 Å². The van der Waals surface area contributed by atoms with Crippen LogP contribution in [0, 0.1) is 11.6 Å². The molecule has 2 aromatic carbocycles. The highest BCUT2D eigenvalue weighted by Gasteiger charge is 2.27. The fourth-order valence-corrected chi connectivity index (χ4v) is 2.95. The van der Waals surface area contributed by atoms with E-state index in [4.69, 9.17) is 4.74 Å². The van der Waals surface area contributed by atoms with Crippen molar-refractivity contribution in [2.75, 3.05) is 43.5 Å². The first kappa shape index (κ1) is 18.6.